The molecule has 2 rings (SSSR count). The molecular formula is C11H19N3O. The average molecular weight is 209 g/mol. The van der Waals surface area contributed by atoms with Crippen molar-refractivity contribution in [2.24, 2.45) is 0 Å². The van der Waals surface area contributed by atoms with E-state index in [2.05, 4.69) is 29.1 Å². The molecule has 1 aliphatic rings. The van der Waals surface area contributed by atoms with Crippen LogP contribution in [0.3, 0.4) is 0 Å². The van der Waals surface area contributed by atoms with Crippen molar-refractivity contribution in [2.75, 3.05) is 19.7 Å². The number of morpholine rings is 1. The van der Waals surface area contributed by atoms with Crippen molar-refractivity contribution in [1.82, 2.24) is 15.3 Å². The molecule has 1 saturated heterocycles. The minimum atomic E-state index is 0.100. The summed E-state index contributed by atoms with van der Waals surface area (Å²) in [4.78, 5) is 7.93. The van der Waals surface area contributed by atoms with Crippen LogP contribution in [-0.4, -0.2) is 29.7 Å². The minimum absolute atomic E-state index is 0.100. The number of aromatic nitrogens is 2. The molecule has 4 heteroatoms. The van der Waals surface area contributed by atoms with Gasteiger partial charge >= 0.3 is 0 Å². The topological polar surface area (TPSA) is 49.9 Å². The molecule has 0 saturated carbocycles. The number of hydrogen-bond acceptors (Lipinski definition) is 3. The Morgan fingerprint density at radius 2 is 2.40 bits per heavy atom. The second-order valence-electron chi connectivity index (χ2n) is 4.01. The Morgan fingerprint density at radius 1 is 1.53 bits per heavy atom. The van der Waals surface area contributed by atoms with Crippen LogP contribution in [0.15, 0.2) is 0 Å². The third-order valence-corrected chi connectivity index (χ3v) is 2.72. The van der Waals surface area contributed by atoms with Gasteiger partial charge in [0.25, 0.3) is 0 Å². The van der Waals surface area contributed by atoms with E-state index >= 15 is 0 Å². The molecule has 0 spiro atoms. The highest BCUT2D eigenvalue weighted by molar-refractivity contribution is 5.14. The predicted molar refractivity (Wildman–Crippen MR) is 58.9 cm³/mol. The second kappa shape index (κ2) is 4.77. The molecular weight excluding hydrogens is 190 g/mol. The van der Waals surface area contributed by atoms with Crippen molar-refractivity contribution in [3.8, 4) is 0 Å². The van der Waals surface area contributed by atoms with Crippen molar-refractivity contribution in [3.05, 3.63) is 17.2 Å². The molecule has 1 aromatic heterocycles. The third kappa shape index (κ3) is 2.38. The van der Waals surface area contributed by atoms with Crippen LogP contribution in [0, 0.1) is 6.92 Å². The van der Waals surface area contributed by atoms with E-state index in [-0.39, 0.29) is 6.10 Å². The maximum absolute atomic E-state index is 5.65. The summed E-state index contributed by atoms with van der Waals surface area (Å²) in [6, 6.07) is 0. The molecule has 84 valence electrons. The quantitative estimate of drug-likeness (QED) is 0.789. The van der Waals surface area contributed by atoms with Gasteiger partial charge in [-0.15, -0.1) is 0 Å². The standard InChI is InChI=1S/C11H19N3O/c1-3-4-9-8(2)13-11(14-9)10-7-12-5-6-15-10/h10,12H,3-7H2,1-2H3,(H,13,14). The first-order chi connectivity index (χ1) is 7.31. The Morgan fingerprint density at radius 3 is 3.07 bits per heavy atom. The molecule has 1 atom stereocenters. The molecule has 0 aliphatic carbocycles. The zero-order chi connectivity index (χ0) is 10.7. The second-order valence-corrected chi connectivity index (χ2v) is 4.01. The summed E-state index contributed by atoms with van der Waals surface area (Å²) in [5.41, 5.74) is 2.36. The van der Waals surface area contributed by atoms with E-state index in [4.69, 9.17) is 4.74 Å². The Labute approximate surface area is 90.4 Å². The van der Waals surface area contributed by atoms with E-state index < -0.39 is 0 Å². The van der Waals surface area contributed by atoms with E-state index in [1.165, 1.54) is 11.4 Å². The van der Waals surface area contributed by atoms with E-state index in [9.17, 15) is 0 Å². The lowest BCUT2D eigenvalue weighted by Crippen LogP contribution is -2.33. The molecule has 2 heterocycles. The van der Waals surface area contributed by atoms with Gasteiger partial charge in [0.2, 0.25) is 0 Å². The first-order valence-corrected chi connectivity index (χ1v) is 5.69. The molecule has 0 radical (unpaired) electrons. The fourth-order valence-electron chi connectivity index (χ4n) is 1.90. The summed E-state index contributed by atoms with van der Waals surface area (Å²) >= 11 is 0. The van der Waals surface area contributed by atoms with Crippen LogP contribution in [0.25, 0.3) is 0 Å². The lowest BCUT2D eigenvalue weighted by Gasteiger charge is -2.21. The third-order valence-electron chi connectivity index (χ3n) is 2.72. The summed E-state index contributed by atoms with van der Waals surface area (Å²) < 4.78 is 5.65. The number of rotatable bonds is 3. The highest BCUT2D eigenvalue weighted by Crippen LogP contribution is 2.18. The summed E-state index contributed by atoms with van der Waals surface area (Å²) in [5, 5.41) is 3.31. The zero-order valence-corrected chi connectivity index (χ0v) is 9.47. The van der Waals surface area contributed by atoms with Crippen LogP contribution < -0.4 is 5.32 Å². The largest absolute Gasteiger partial charge is 0.368 e. The molecule has 0 aromatic carbocycles. The number of nitrogens with one attached hydrogen (secondary N) is 2. The van der Waals surface area contributed by atoms with Gasteiger partial charge in [0.1, 0.15) is 11.9 Å². The first kappa shape index (κ1) is 10.6. The summed E-state index contributed by atoms with van der Waals surface area (Å²) in [6.07, 6.45) is 2.28. The Kier molecular flexibility index (Phi) is 3.38. The number of H-pyrrole nitrogens is 1. The Balaban J connectivity index is 2.10. The molecule has 15 heavy (non-hydrogen) atoms. The minimum Gasteiger partial charge on any atom is -0.368 e. The molecule has 0 amide bonds. The number of ether oxygens (including phenoxy) is 1. The van der Waals surface area contributed by atoms with E-state index in [0.29, 0.717) is 0 Å². The number of nitrogens with zero attached hydrogens (tertiary/aromatic N) is 1. The first-order valence-electron chi connectivity index (χ1n) is 5.69. The van der Waals surface area contributed by atoms with E-state index in [0.717, 1.165) is 38.4 Å². The fraction of sp³-hybridized carbons (Fsp3) is 0.727. The fourth-order valence-corrected chi connectivity index (χ4v) is 1.90. The normalized spacial score (nSPS) is 21.9. The van der Waals surface area contributed by atoms with Crippen LogP contribution in [0.5, 0.6) is 0 Å². The van der Waals surface area contributed by atoms with Gasteiger partial charge in [-0.05, 0) is 13.3 Å². The zero-order valence-electron chi connectivity index (χ0n) is 9.47. The molecule has 4 nitrogen and oxygen atoms in total. The smallest absolute Gasteiger partial charge is 0.137 e. The SMILES string of the molecule is CCCc1nc(C2CNCCO2)[nH]c1C. The molecule has 1 unspecified atom stereocenters. The van der Waals surface area contributed by atoms with Crippen LogP contribution in [0.1, 0.15) is 36.7 Å². The highest BCUT2D eigenvalue weighted by atomic mass is 16.5. The van der Waals surface area contributed by atoms with Gasteiger partial charge in [-0.1, -0.05) is 13.3 Å². The van der Waals surface area contributed by atoms with Crippen molar-refractivity contribution in [1.29, 1.82) is 0 Å². The lowest BCUT2D eigenvalue weighted by molar-refractivity contribution is 0.0225. The molecule has 1 aromatic rings. The number of imidazole rings is 1. The molecule has 1 fully saturated rings. The number of aryl methyl sites for hydroxylation is 2. The summed E-state index contributed by atoms with van der Waals surface area (Å²) in [6.45, 7) is 6.83. The lowest BCUT2D eigenvalue weighted by atomic mass is 10.2. The van der Waals surface area contributed by atoms with Crippen LogP contribution in [0.4, 0.5) is 0 Å². The van der Waals surface area contributed by atoms with Gasteiger partial charge in [0, 0.05) is 18.8 Å². The highest BCUT2D eigenvalue weighted by Gasteiger charge is 2.19. The predicted octanol–water partition coefficient (Wildman–Crippen LogP) is 1.33. The maximum Gasteiger partial charge on any atom is 0.137 e. The average Bonchev–Trinajstić information content (AvgIpc) is 2.63. The molecule has 2 N–H and O–H groups in total. The Hall–Kier alpha value is -0.870. The van der Waals surface area contributed by atoms with Crippen molar-refractivity contribution in [2.45, 2.75) is 32.8 Å². The Bertz CT molecular complexity index is 316. The van der Waals surface area contributed by atoms with Gasteiger partial charge in [-0.3, -0.25) is 0 Å². The van der Waals surface area contributed by atoms with E-state index in [1.54, 1.807) is 0 Å². The summed E-state index contributed by atoms with van der Waals surface area (Å²) in [5.74, 6) is 0.975. The monoisotopic (exact) mass is 209 g/mol. The van der Waals surface area contributed by atoms with Gasteiger partial charge in [-0.2, -0.15) is 0 Å². The number of aromatic amines is 1. The van der Waals surface area contributed by atoms with Gasteiger partial charge < -0.3 is 15.0 Å². The van der Waals surface area contributed by atoms with Crippen molar-refractivity contribution >= 4 is 0 Å². The number of hydrogen-bond donors (Lipinski definition) is 2. The van der Waals surface area contributed by atoms with Crippen LogP contribution in [0.2, 0.25) is 0 Å². The van der Waals surface area contributed by atoms with Crippen LogP contribution >= 0.6 is 0 Å². The van der Waals surface area contributed by atoms with E-state index in [1.807, 2.05) is 0 Å². The molecule has 0 bridgehead atoms. The van der Waals surface area contributed by atoms with Gasteiger partial charge in [-0.25, -0.2) is 4.98 Å². The summed E-state index contributed by atoms with van der Waals surface area (Å²) in [7, 11) is 0. The maximum atomic E-state index is 5.65. The molecule has 1 aliphatic heterocycles. The van der Waals surface area contributed by atoms with Crippen LogP contribution in [-0.2, 0) is 11.2 Å². The van der Waals surface area contributed by atoms with Crippen molar-refractivity contribution < 1.29 is 4.74 Å². The van der Waals surface area contributed by atoms with Crippen molar-refractivity contribution in [3.63, 3.8) is 0 Å². The van der Waals surface area contributed by atoms with Gasteiger partial charge in [0.15, 0.2) is 0 Å². The van der Waals surface area contributed by atoms with Gasteiger partial charge in [0.05, 0.1) is 12.3 Å².